The van der Waals surface area contributed by atoms with Gasteiger partial charge in [-0.05, 0) is 74.0 Å². The number of furan rings is 2. The molecular weight excluding hydrogens is 757 g/mol. The van der Waals surface area contributed by atoms with Crippen molar-refractivity contribution in [1.82, 2.24) is 9.97 Å². The molecule has 62 heavy (non-hydrogen) atoms. The van der Waals surface area contributed by atoms with Crippen molar-refractivity contribution in [2.45, 2.75) is 0 Å². The highest BCUT2D eigenvalue weighted by Gasteiger charge is 2.18. The summed E-state index contributed by atoms with van der Waals surface area (Å²) in [6, 6.07) is 70.7. The normalized spacial score (nSPS) is 11.9. The molecule has 0 fully saturated rings. The van der Waals surface area contributed by atoms with E-state index in [-0.39, 0.29) is 0 Å². The average molecular weight is 791 g/mol. The quantitative estimate of drug-likeness (QED) is 0.163. The molecule has 4 nitrogen and oxygen atoms in total. The maximum atomic E-state index is 6.71. The van der Waals surface area contributed by atoms with Crippen LogP contribution in [0, 0.1) is 0 Å². The highest BCUT2D eigenvalue weighted by atomic mass is 16.3. The SMILES string of the molecule is c1cc(-c2ccc(-c3ccc(-c4ccc(-c5cccc6c5oc5c6ccc6oc7ccccc7c65)cc4)cc3)cc2)cc(-c2cnc3c4ccccc4c4ccccc4c3n2)c1. The van der Waals surface area contributed by atoms with Gasteiger partial charge < -0.3 is 8.83 Å². The van der Waals surface area contributed by atoms with E-state index in [2.05, 4.69) is 182 Å². The Morgan fingerprint density at radius 3 is 1.50 bits per heavy atom. The highest BCUT2D eigenvalue weighted by Crippen LogP contribution is 2.42. The molecule has 0 aliphatic carbocycles. The van der Waals surface area contributed by atoms with E-state index in [1.54, 1.807) is 0 Å². The van der Waals surface area contributed by atoms with Crippen molar-refractivity contribution >= 4 is 76.5 Å². The topological polar surface area (TPSA) is 52.1 Å². The van der Waals surface area contributed by atoms with Gasteiger partial charge in [0.25, 0.3) is 0 Å². The van der Waals surface area contributed by atoms with E-state index in [1.165, 1.54) is 27.5 Å². The molecule has 0 radical (unpaired) electrons. The first-order valence-corrected chi connectivity index (χ1v) is 21.0. The van der Waals surface area contributed by atoms with Crippen LogP contribution in [-0.4, -0.2) is 9.97 Å². The summed E-state index contributed by atoms with van der Waals surface area (Å²) in [5.74, 6) is 0. The number of fused-ring (bicyclic) bond motifs is 13. The Morgan fingerprint density at radius 2 is 0.823 bits per heavy atom. The molecule has 0 atom stereocenters. The lowest BCUT2D eigenvalue weighted by Crippen LogP contribution is -1.92. The van der Waals surface area contributed by atoms with E-state index in [4.69, 9.17) is 18.8 Å². The summed E-state index contributed by atoms with van der Waals surface area (Å²) in [6.07, 6.45) is 1.91. The van der Waals surface area contributed by atoms with Crippen LogP contribution in [-0.2, 0) is 0 Å². The van der Waals surface area contributed by atoms with E-state index in [9.17, 15) is 0 Å². The molecule has 0 aliphatic heterocycles. The van der Waals surface area contributed by atoms with E-state index < -0.39 is 0 Å². The molecule has 13 rings (SSSR count). The molecule has 10 aromatic carbocycles. The number of para-hydroxylation sites is 2. The summed E-state index contributed by atoms with van der Waals surface area (Å²) in [4.78, 5) is 10.2. The van der Waals surface area contributed by atoms with Crippen molar-refractivity contribution in [3.05, 3.63) is 206 Å². The predicted octanol–water partition coefficient (Wildman–Crippen LogP) is 16.1. The van der Waals surface area contributed by atoms with Crippen LogP contribution in [0.3, 0.4) is 0 Å². The van der Waals surface area contributed by atoms with Crippen molar-refractivity contribution in [3.8, 4) is 55.8 Å². The zero-order valence-electron chi connectivity index (χ0n) is 33.3. The van der Waals surface area contributed by atoms with Crippen LogP contribution in [0.2, 0.25) is 0 Å². The molecule has 0 bridgehead atoms. The van der Waals surface area contributed by atoms with Crippen LogP contribution < -0.4 is 0 Å². The van der Waals surface area contributed by atoms with Crippen molar-refractivity contribution in [2.75, 3.05) is 0 Å². The zero-order chi connectivity index (χ0) is 40.7. The first kappa shape index (κ1) is 34.5. The second-order valence-corrected chi connectivity index (χ2v) is 16.1. The number of hydrogen-bond donors (Lipinski definition) is 0. The summed E-state index contributed by atoms with van der Waals surface area (Å²) >= 11 is 0. The largest absolute Gasteiger partial charge is 0.456 e. The fraction of sp³-hybridized carbons (Fsp3) is 0. The second-order valence-electron chi connectivity index (χ2n) is 16.1. The molecule has 13 aromatic rings. The van der Waals surface area contributed by atoms with Gasteiger partial charge in [-0.1, -0.05) is 176 Å². The Kier molecular flexibility index (Phi) is 7.57. The van der Waals surface area contributed by atoms with Gasteiger partial charge in [-0.3, -0.25) is 4.98 Å². The molecule has 288 valence electrons. The summed E-state index contributed by atoms with van der Waals surface area (Å²) in [5, 5.41) is 8.92. The fourth-order valence-corrected chi connectivity index (χ4v) is 9.46. The van der Waals surface area contributed by atoms with Gasteiger partial charge in [0.15, 0.2) is 0 Å². The zero-order valence-corrected chi connectivity index (χ0v) is 33.3. The minimum Gasteiger partial charge on any atom is -0.456 e. The number of rotatable bonds is 5. The highest BCUT2D eigenvalue weighted by molar-refractivity contribution is 6.24. The summed E-state index contributed by atoms with van der Waals surface area (Å²) in [5.41, 5.74) is 16.4. The lowest BCUT2D eigenvalue weighted by atomic mass is 9.96. The van der Waals surface area contributed by atoms with Gasteiger partial charge in [0.1, 0.15) is 22.3 Å². The fourth-order valence-electron chi connectivity index (χ4n) is 9.46. The molecule has 4 heteroatoms. The first-order valence-electron chi connectivity index (χ1n) is 21.0. The van der Waals surface area contributed by atoms with Crippen LogP contribution in [0.4, 0.5) is 0 Å². The van der Waals surface area contributed by atoms with E-state index in [1.807, 2.05) is 24.4 Å². The Balaban J connectivity index is 0.764. The smallest absolute Gasteiger partial charge is 0.147 e. The first-order chi connectivity index (χ1) is 30.7. The maximum absolute atomic E-state index is 6.71. The standard InChI is InChI=1S/C58H34N2O2/c1-3-13-46-44(11-1)45-12-2-4-14-47(45)56-55(46)59-34-51(60-56)42-10-7-9-41(33-42)39-25-23-37(24-26-39)35-19-21-36(22-20-35)38-27-29-40(30-28-38)43-16-8-17-48-49-31-32-53-54(58(49)62-57(43)48)50-15-5-6-18-52(50)61-53/h1-34H. The number of benzene rings is 10. The van der Waals surface area contributed by atoms with Crippen LogP contribution >= 0.6 is 0 Å². The van der Waals surface area contributed by atoms with Crippen molar-refractivity contribution in [1.29, 1.82) is 0 Å². The van der Waals surface area contributed by atoms with Gasteiger partial charge in [0, 0.05) is 38.1 Å². The third-order valence-corrected chi connectivity index (χ3v) is 12.6. The summed E-state index contributed by atoms with van der Waals surface area (Å²) < 4.78 is 12.9. The van der Waals surface area contributed by atoms with Gasteiger partial charge >= 0.3 is 0 Å². The number of aromatic nitrogens is 2. The minimum atomic E-state index is 0.838. The predicted molar refractivity (Wildman–Crippen MR) is 256 cm³/mol. The maximum Gasteiger partial charge on any atom is 0.147 e. The lowest BCUT2D eigenvalue weighted by molar-refractivity contribution is 0.663. The average Bonchev–Trinajstić information content (AvgIpc) is 3.93. The Bertz CT molecular complexity index is 3860. The van der Waals surface area contributed by atoms with Gasteiger partial charge in [0.05, 0.1) is 28.3 Å². The molecule has 0 amide bonds. The minimum absolute atomic E-state index is 0.838. The summed E-state index contributed by atoms with van der Waals surface area (Å²) in [7, 11) is 0. The van der Waals surface area contributed by atoms with Crippen LogP contribution in [0.1, 0.15) is 0 Å². The van der Waals surface area contributed by atoms with Crippen LogP contribution in [0.5, 0.6) is 0 Å². The van der Waals surface area contributed by atoms with Crippen molar-refractivity contribution in [3.63, 3.8) is 0 Å². The molecule has 3 aromatic heterocycles. The summed E-state index contributed by atoms with van der Waals surface area (Å²) in [6.45, 7) is 0. The van der Waals surface area contributed by atoms with E-state index in [0.717, 1.165) is 105 Å². The molecule has 0 aliphatic rings. The monoisotopic (exact) mass is 790 g/mol. The molecule has 0 saturated heterocycles. The van der Waals surface area contributed by atoms with Gasteiger partial charge in [-0.2, -0.15) is 0 Å². The van der Waals surface area contributed by atoms with Gasteiger partial charge in [-0.15, -0.1) is 0 Å². The number of nitrogens with zero attached hydrogens (tertiary/aromatic N) is 2. The Hall–Kier alpha value is -8.34. The molecule has 0 spiro atoms. The van der Waals surface area contributed by atoms with E-state index >= 15 is 0 Å². The van der Waals surface area contributed by atoms with Crippen molar-refractivity contribution < 1.29 is 8.83 Å². The van der Waals surface area contributed by atoms with Crippen molar-refractivity contribution in [2.24, 2.45) is 0 Å². The second kappa shape index (κ2) is 13.6. The Labute approximate surface area is 356 Å². The third kappa shape index (κ3) is 5.40. The number of hydrogen-bond acceptors (Lipinski definition) is 4. The molecule has 0 N–H and O–H groups in total. The van der Waals surface area contributed by atoms with Crippen LogP contribution in [0.25, 0.3) is 132 Å². The molecule has 0 unspecified atom stereocenters. The van der Waals surface area contributed by atoms with Crippen LogP contribution in [0.15, 0.2) is 215 Å². The molecule has 0 saturated carbocycles. The molecular formula is C58H34N2O2. The third-order valence-electron chi connectivity index (χ3n) is 12.6. The van der Waals surface area contributed by atoms with E-state index in [0.29, 0.717) is 0 Å². The van der Waals surface area contributed by atoms with Gasteiger partial charge in [0.2, 0.25) is 0 Å². The Morgan fingerprint density at radius 1 is 0.306 bits per heavy atom. The lowest BCUT2D eigenvalue weighted by Gasteiger charge is -2.11. The molecule has 3 heterocycles. The van der Waals surface area contributed by atoms with Gasteiger partial charge in [-0.25, -0.2) is 4.98 Å².